The molecule has 0 spiro atoms. The molecule has 5 heteroatoms. The number of hydrogen-bond donors (Lipinski definition) is 1. The number of ether oxygens (including phenoxy) is 2. The maximum absolute atomic E-state index is 11.8. The molecule has 5 nitrogen and oxygen atoms in total. The predicted molar refractivity (Wildman–Crippen MR) is 75.1 cm³/mol. The Bertz CT molecular complexity index is 742. The zero-order valence-electron chi connectivity index (χ0n) is 11.5. The Hall–Kier alpha value is -2.74. The molecule has 2 aromatic rings. The molecule has 1 aromatic heterocycles. The first-order valence-corrected chi connectivity index (χ1v) is 5.97. The van der Waals surface area contributed by atoms with Gasteiger partial charge >= 0.3 is 0 Å². The smallest absolute Gasteiger partial charge is 0.266 e. The van der Waals surface area contributed by atoms with Gasteiger partial charge in [-0.1, -0.05) is 6.07 Å². The van der Waals surface area contributed by atoms with Crippen molar-refractivity contribution in [2.75, 3.05) is 14.2 Å². The second-order valence-corrected chi connectivity index (χ2v) is 4.25. The second-order valence-electron chi connectivity index (χ2n) is 4.25. The minimum Gasteiger partial charge on any atom is -0.493 e. The number of aryl methyl sites for hydroxylation is 1. The molecule has 0 saturated heterocycles. The Morgan fingerprint density at radius 1 is 1.15 bits per heavy atom. The number of H-pyrrole nitrogens is 1. The highest BCUT2D eigenvalue weighted by Crippen LogP contribution is 2.32. The molecule has 0 saturated carbocycles. The van der Waals surface area contributed by atoms with E-state index in [2.05, 4.69) is 4.98 Å². The highest BCUT2D eigenvalue weighted by atomic mass is 16.5. The van der Waals surface area contributed by atoms with Crippen molar-refractivity contribution < 1.29 is 9.47 Å². The fraction of sp³-hybridized carbons (Fsp3) is 0.200. The Kier molecular flexibility index (Phi) is 3.76. The van der Waals surface area contributed by atoms with Crippen molar-refractivity contribution in [3.63, 3.8) is 0 Å². The van der Waals surface area contributed by atoms with Gasteiger partial charge in [0.25, 0.3) is 5.56 Å². The average molecular weight is 270 g/mol. The highest BCUT2D eigenvalue weighted by molar-refractivity contribution is 5.72. The number of nitrogens with one attached hydrogen (secondary N) is 1. The van der Waals surface area contributed by atoms with Crippen LogP contribution in [0.15, 0.2) is 29.1 Å². The van der Waals surface area contributed by atoms with E-state index in [1.165, 1.54) is 7.11 Å². The Morgan fingerprint density at radius 2 is 1.85 bits per heavy atom. The molecule has 0 fully saturated rings. The van der Waals surface area contributed by atoms with E-state index in [0.717, 1.165) is 5.56 Å². The van der Waals surface area contributed by atoms with Crippen LogP contribution >= 0.6 is 0 Å². The van der Waals surface area contributed by atoms with Crippen molar-refractivity contribution in [2.45, 2.75) is 6.92 Å². The molecule has 0 atom stereocenters. The van der Waals surface area contributed by atoms with Crippen LogP contribution in [0.4, 0.5) is 0 Å². The summed E-state index contributed by atoms with van der Waals surface area (Å²) in [4.78, 5) is 14.4. The van der Waals surface area contributed by atoms with E-state index in [9.17, 15) is 4.79 Å². The molecular formula is C15H14N2O3. The molecule has 102 valence electrons. The number of nitriles is 1. The van der Waals surface area contributed by atoms with Crippen LogP contribution in [0.3, 0.4) is 0 Å². The summed E-state index contributed by atoms with van der Waals surface area (Å²) >= 11 is 0. The van der Waals surface area contributed by atoms with E-state index in [1.807, 2.05) is 6.07 Å². The minimum atomic E-state index is -0.391. The number of nitrogens with zero attached hydrogens (tertiary/aromatic N) is 1. The number of benzene rings is 1. The van der Waals surface area contributed by atoms with E-state index in [1.54, 1.807) is 38.3 Å². The first-order chi connectivity index (χ1) is 9.60. The third kappa shape index (κ3) is 2.36. The monoisotopic (exact) mass is 270 g/mol. The lowest BCUT2D eigenvalue weighted by Crippen LogP contribution is -2.12. The molecule has 0 aliphatic heterocycles. The van der Waals surface area contributed by atoms with Crippen LogP contribution in [0.25, 0.3) is 11.1 Å². The van der Waals surface area contributed by atoms with Gasteiger partial charge in [0.05, 0.1) is 14.2 Å². The molecular weight excluding hydrogens is 256 g/mol. The molecule has 1 N–H and O–H groups in total. The lowest BCUT2D eigenvalue weighted by molar-refractivity contribution is 0.355. The summed E-state index contributed by atoms with van der Waals surface area (Å²) < 4.78 is 10.4. The van der Waals surface area contributed by atoms with E-state index < -0.39 is 5.56 Å². The number of methoxy groups -OCH3 is 2. The van der Waals surface area contributed by atoms with Gasteiger partial charge in [-0.2, -0.15) is 5.26 Å². The molecule has 20 heavy (non-hydrogen) atoms. The average Bonchev–Trinajstić information content (AvgIpc) is 2.45. The van der Waals surface area contributed by atoms with Gasteiger partial charge in [-0.25, -0.2) is 0 Å². The van der Waals surface area contributed by atoms with Crippen LogP contribution in [0, 0.1) is 18.3 Å². The fourth-order valence-electron chi connectivity index (χ4n) is 2.03. The second kappa shape index (κ2) is 5.49. The number of aromatic nitrogens is 1. The normalized spacial score (nSPS) is 9.90. The van der Waals surface area contributed by atoms with Gasteiger partial charge < -0.3 is 14.5 Å². The molecule has 0 radical (unpaired) electrons. The van der Waals surface area contributed by atoms with Crippen molar-refractivity contribution in [3.8, 4) is 28.7 Å². The van der Waals surface area contributed by atoms with Crippen molar-refractivity contribution in [2.24, 2.45) is 0 Å². The number of hydrogen-bond acceptors (Lipinski definition) is 4. The zero-order chi connectivity index (χ0) is 14.7. The summed E-state index contributed by atoms with van der Waals surface area (Å²) in [5.74, 6) is 1.14. The molecule has 0 aliphatic rings. The van der Waals surface area contributed by atoms with Crippen molar-refractivity contribution >= 4 is 0 Å². The summed E-state index contributed by atoms with van der Waals surface area (Å²) in [5.41, 5.74) is 1.70. The Morgan fingerprint density at radius 3 is 2.45 bits per heavy atom. The quantitative estimate of drug-likeness (QED) is 0.928. The van der Waals surface area contributed by atoms with Crippen LogP contribution < -0.4 is 15.0 Å². The van der Waals surface area contributed by atoms with E-state index in [0.29, 0.717) is 22.8 Å². The lowest BCUT2D eigenvalue weighted by Gasteiger charge is -2.10. The summed E-state index contributed by atoms with van der Waals surface area (Å²) in [6.45, 7) is 1.77. The Balaban J connectivity index is 2.69. The maximum Gasteiger partial charge on any atom is 0.266 e. The first-order valence-electron chi connectivity index (χ1n) is 5.97. The SMILES string of the molecule is COc1ccc(-c2cc(C)[nH]c(=O)c2C#N)cc1OC. The standard InChI is InChI=1S/C15H14N2O3/c1-9-6-11(12(8-16)15(18)17-9)10-4-5-13(19-2)14(7-10)20-3/h4-7H,1-3H3,(H,17,18). The molecule has 1 heterocycles. The van der Waals surface area contributed by atoms with E-state index in [-0.39, 0.29) is 5.56 Å². The van der Waals surface area contributed by atoms with Crippen LogP contribution in [0.2, 0.25) is 0 Å². The lowest BCUT2D eigenvalue weighted by atomic mass is 10.0. The Labute approximate surface area is 116 Å². The minimum absolute atomic E-state index is 0.0859. The molecule has 2 rings (SSSR count). The van der Waals surface area contributed by atoms with Gasteiger partial charge in [-0.3, -0.25) is 4.79 Å². The van der Waals surface area contributed by atoms with Gasteiger partial charge in [0.2, 0.25) is 0 Å². The molecule has 0 bridgehead atoms. The predicted octanol–water partition coefficient (Wildman–Crippen LogP) is 2.24. The number of rotatable bonds is 3. The summed E-state index contributed by atoms with van der Waals surface area (Å²) in [6.07, 6.45) is 0. The number of aromatic amines is 1. The highest BCUT2D eigenvalue weighted by Gasteiger charge is 2.12. The molecule has 0 aliphatic carbocycles. The zero-order valence-corrected chi connectivity index (χ0v) is 11.5. The summed E-state index contributed by atoms with van der Waals surface area (Å²) in [7, 11) is 3.09. The largest absolute Gasteiger partial charge is 0.493 e. The summed E-state index contributed by atoms with van der Waals surface area (Å²) in [6, 6.07) is 8.98. The maximum atomic E-state index is 11.8. The number of pyridine rings is 1. The van der Waals surface area contributed by atoms with Crippen LogP contribution in [0.5, 0.6) is 11.5 Å². The molecule has 1 aromatic carbocycles. The van der Waals surface area contributed by atoms with Gasteiger partial charge in [0.1, 0.15) is 11.6 Å². The third-order valence-corrected chi connectivity index (χ3v) is 2.97. The van der Waals surface area contributed by atoms with Crippen molar-refractivity contribution in [1.29, 1.82) is 5.26 Å². The molecule has 0 amide bonds. The van der Waals surface area contributed by atoms with E-state index >= 15 is 0 Å². The topological polar surface area (TPSA) is 75.1 Å². The van der Waals surface area contributed by atoms with Gasteiger partial charge in [-0.15, -0.1) is 0 Å². The van der Waals surface area contributed by atoms with Gasteiger partial charge in [0, 0.05) is 11.3 Å². The first kappa shape index (κ1) is 13.7. The summed E-state index contributed by atoms with van der Waals surface area (Å²) in [5, 5.41) is 9.15. The van der Waals surface area contributed by atoms with Crippen LogP contribution in [-0.2, 0) is 0 Å². The van der Waals surface area contributed by atoms with Crippen molar-refractivity contribution in [3.05, 3.63) is 45.9 Å². The fourth-order valence-corrected chi connectivity index (χ4v) is 2.03. The van der Waals surface area contributed by atoms with Crippen LogP contribution in [-0.4, -0.2) is 19.2 Å². The van der Waals surface area contributed by atoms with Gasteiger partial charge in [-0.05, 0) is 30.7 Å². The van der Waals surface area contributed by atoms with Crippen molar-refractivity contribution in [1.82, 2.24) is 4.98 Å². The van der Waals surface area contributed by atoms with E-state index in [4.69, 9.17) is 14.7 Å². The third-order valence-electron chi connectivity index (χ3n) is 2.97. The van der Waals surface area contributed by atoms with Crippen LogP contribution in [0.1, 0.15) is 11.3 Å². The van der Waals surface area contributed by atoms with Gasteiger partial charge in [0.15, 0.2) is 11.5 Å². The molecule has 0 unspecified atom stereocenters.